The predicted octanol–water partition coefficient (Wildman–Crippen LogP) is 4.23. The van der Waals surface area contributed by atoms with E-state index < -0.39 is 0 Å². The smallest absolute Gasteiger partial charge is 0.131 e. The van der Waals surface area contributed by atoms with Crippen molar-refractivity contribution < 1.29 is 4.79 Å². The van der Waals surface area contributed by atoms with Gasteiger partial charge in [0.15, 0.2) is 0 Å². The van der Waals surface area contributed by atoms with Crippen LogP contribution in [0.5, 0.6) is 0 Å². The van der Waals surface area contributed by atoms with Gasteiger partial charge < -0.3 is 0 Å². The molecule has 0 spiro atoms. The van der Waals surface area contributed by atoms with E-state index in [1.165, 1.54) is 5.56 Å². The number of ketones is 1. The Kier molecular flexibility index (Phi) is 6.95. The van der Waals surface area contributed by atoms with Gasteiger partial charge in [-0.3, -0.25) is 4.79 Å². The van der Waals surface area contributed by atoms with Crippen molar-refractivity contribution in [3.8, 4) is 0 Å². The molecule has 0 saturated heterocycles. The second-order valence-corrected chi connectivity index (χ2v) is 6.27. The Hall–Kier alpha value is 0.410. The molecule has 0 unspecified atom stereocenters. The number of benzene rings is 1. The van der Waals surface area contributed by atoms with E-state index >= 15 is 0 Å². The molecule has 16 heavy (non-hydrogen) atoms. The molecule has 1 aromatic carbocycles. The predicted molar refractivity (Wildman–Crippen MR) is 81.5 cm³/mol. The summed E-state index contributed by atoms with van der Waals surface area (Å²) < 4.78 is 3.28. The number of halogens is 2. The molecule has 0 aliphatic carbocycles. The highest BCUT2D eigenvalue weighted by molar-refractivity contribution is 14.2. The zero-order chi connectivity index (χ0) is 12.0. The largest absolute Gasteiger partial charge is 0.300 e. The van der Waals surface area contributed by atoms with Crippen LogP contribution in [0.2, 0.25) is 0 Å². The SMILES string of the molecule is CC(=O)CCN(Cc1cccc(Br)c1)SI. The fourth-order valence-corrected chi connectivity index (χ4v) is 3.07. The van der Waals surface area contributed by atoms with E-state index in [-0.39, 0.29) is 5.78 Å². The third-order valence-corrected chi connectivity index (χ3v) is 4.73. The van der Waals surface area contributed by atoms with E-state index in [9.17, 15) is 4.79 Å². The molecule has 1 rings (SSSR count). The van der Waals surface area contributed by atoms with Crippen LogP contribution in [0.15, 0.2) is 28.7 Å². The molecular weight excluding hydrogens is 401 g/mol. The van der Waals surface area contributed by atoms with Gasteiger partial charge >= 0.3 is 0 Å². The molecular formula is C11H13BrINOS. The average Bonchev–Trinajstić information content (AvgIpc) is 2.24. The number of nitrogens with zero attached hydrogens (tertiary/aromatic N) is 1. The van der Waals surface area contributed by atoms with E-state index in [2.05, 4.69) is 53.6 Å². The third kappa shape index (κ3) is 5.65. The molecule has 0 fully saturated rings. The van der Waals surface area contributed by atoms with Crippen molar-refractivity contribution in [1.82, 2.24) is 4.31 Å². The highest BCUT2D eigenvalue weighted by Gasteiger charge is 2.06. The van der Waals surface area contributed by atoms with E-state index in [1.54, 1.807) is 16.0 Å². The lowest BCUT2D eigenvalue weighted by atomic mass is 10.2. The van der Waals surface area contributed by atoms with Gasteiger partial charge in [-0.2, -0.15) is 0 Å². The molecule has 1 aromatic rings. The first-order chi connectivity index (χ1) is 7.61. The van der Waals surface area contributed by atoms with E-state index in [4.69, 9.17) is 0 Å². The molecule has 5 heteroatoms. The fraction of sp³-hybridized carbons (Fsp3) is 0.364. The topological polar surface area (TPSA) is 20.3 Å². The molecule has 88 valence electrons. The summed E-state index contributed by atoms with van der Waals surface area (Å²) in [6.07, 6.45) is 0.615. The zero-order valence-electron chi connectivity index (χ0n) is 8.95. The fourth-order valence-electron chi connectivity index (χ4n) is 1.26. The van der Waals surface area contributed by atoms with Gasteiger partial charge in [0.2, 0.25) is 0 Å². The van der Waals surface area contributed by atoms with E-state index in [0.29, 0.717) is 6.42 Å². The quantitative estimate of drug-likeness (QED) is 0.514. The number of hydrogen-bond donors (Lipinski definition) is 0. The van der Waals surface area contributed by atoms with Crippen LogP contribution in [0.4, 0.5) is 0 Å². The van der Waals surface area contributed by atoms with Crippen molar-refractivity contribution in [2.45, 2.75) is 19.9 Å². The molecule has 0 N–H and O–H groups in total. The lowest BCUT2D eigenvalue weighted by Gasteiger charge is -2.17. The lowest BCUT2D eigenvalue weighted by molar-refractivity contribution is -0.117. The van der Waals surface area contributed by atoms with Gasteiger partial charge in [0.05, 0.1) is 0 Å². The molecule has 0 radical (unpaired) electrons. The summed E-state index contributed by atoms with van der Waals surface area (Å²) in [5, 5.41) is 0. The van der Waals surface area contributed by atoms with Crippen LogP contribution in [-0.4, -0.2) is 16.6 Å². The van der Waals surface area contributed by atoms with Crippen molar-refractivity contribution in [1.29, 1.82) is 0 Å². The maximum absolute atomic E-state index is 10.9. The van der Waals surface area contributed by atoms with Crippen LogP contribution in [-0.2, 0) is 11.3 Å². The molecule has 0 heterocycles. The standard InChI is InChI=1S/C11H13BrINOS/c1-9(15)5-6-14(16-13)8-10-3-2-4-11(12)7-10/h2-4,7H,5-6,8H2,1H3. The third-order valence-electron chi connectivity index (χ3n) is 2.06. The first kappa shape index (κ1) is 14.5. The number of carbonyl (C=O) groups is 1. The summed E-state index contributed by atoms with van der Waals surface area (Å²) in [6.45, 7) is 3.30. The summed E-state index contributed by atoms with van der Waals surface area (Å²) in [7, 11) is 1.65. The van der Waals surface area contributed by atoms with Crippen molar-refractivity contribution >= 4 is 52.0 Å². The van der Waals surface area contributed by atoms with Gasteiger partial charge in [-0.25, -0.2) is 4.31 Å². The monoisotopic (exact) mass is 413 g/mol. The Bertz CT molecular complexity index is 362. The zero-order valence-corrected chi connectivity index (χ0v) is 13.5. The van der Waals surface area contributed by atoms with Gasteiger partial charge in [-0.15, -0.1) is 0 Å². The first-order valence-electron chi connectivity index (χ1n) is 4.89. The Morgan fingerprint density at radius 2 is 2.31 bits per heavy atom. The summed E-state index contributed by atoms with van der Waals surface area (Å²) in [6, 6.07) is 8.24. The normalized spacial score (nSPS) is 10.8. The minimum absolute atomic E-state index is 0.240. The molecule has 0 bridgehead atoms. The van der Waals surface area contributed by atoms with Gasteiger partial charge in [0.25, 0.3) is 0 Å². The second kappa shape index (κ2) is 7.68. The van der Waals surface area contributed by atoms with Crippen LogP contribution < -0.4 is 0 Å². The maximum Gasteiger partial charge on any atom is 0.131 e. The molecule has 0 aliphatic heterocycles. The maximum atomic E-state index is 10.9. The van der Waals surface area contributed by atoms with Crippen LogP contribution in [0.25, 0.3) is 0 Å². The minimum Gasteiger partial charge on any atom is -0.300 e. The number of carbonyl (C=O) groups excluding carboxylic acids is 1. The summed E-state index contributed by atoms with van der Waals surface area (Å²) >= 11 is 5.71. The van der Waals surface area contributed by atoms with E-state index in [1.807, 2.05) is 12.1 Å². The molecule has 2 nitrogen and oxygen atoms in total. The van der Waals surface area contributed by atoms with Gasteiger partial charge in [-0.1, -0.05) is 28.1 Å². The van der Waals surface area contributed by atoms with Gasteiger partial charge in [0, 0.05) is 45.2 Å². The average molecular weight is 414 g/mol. The van der Waals surface area contributed by atoms with E-state index in [0.717, 1.165) is 17.6 Å². The first-order valence-corrected chi connectivity index (χ1v) is 9.00. The molecule has 0 saturated carbocycles. The summed E-state index contributed by atoms with van der Waals surface area (Å²) in [4.78, 5) is 10.9. The summed E-state index contributed by atoms with van der Waals surface area (Å²) in [5.74, 6) is 0.240. The summed E-state index contributed by atoms with van der Waals surface area (Å²) in [5.41, 5.74) is 1.25. The van der Waals surface area contributed by atoms with Crippen molar-refractivity contribution in [2.75, 3.05) is 6.54 Å². The Labute approximate surface area is 121 Å². The molecule has 0 amide bonds. The number of hydrogen-bond acceptors (Lipinski definition) is 3. The lowest BCUT2D eigenvalue weighted by Crippen LogP contribution is -2.17. The van der Waals surface area contributed by atoms with Gasteiger partial charge in [0.1, 0.15) is 5.78 Å². The second-order valence-electron chi connectivity index (χ2n) is 3.51. The van der Waals surface area contributed by atoms with Crippen molar-refractivity contribution in [3.63, 3.8) is 0 Å². The van der Waals surface area contributed by atoms with Gasteiger partial charge in [-0.05, 0) is 33.7 Å². The number of Topliss-reactive ketones (excluding diaryl/α,β-unsaturated/α-hetero) is 1. The van der Waals surface area contributed by atoms with Crippen LogP contribution in [0.3, 0.4) is 0 Å². The minimum atomic E-state index is 0.240. The number of rotatable bonds is 6. The van der Waals surface area contributed by atoms with Crippen LogP contribution >= 0.6 is 46.3 Å². The Morgan fingerprint density at radius 3 is 2.88 bits per heavy atom. The molecule has 0 atom stereocenters. The molecule has 0 aliphatic rings. The van der Waals surface area contributed by atoms with Crippen molar-refractivity contribution in [2.24, 2.45) is 0 Å². The Morgan fingerprint density at radius 1 is 1.56 bits per heavy atom. The van der Waals surface area contributed by atoms with Crippen LogP contribution in [0, 0.1) is 0 Å². The van der Waals surface area contributed by atoms with Crippen LogP contribution in [0.1, 0.15) is 18.9 Å². The highest BCUT2D eigenvalue weighted by Crippen LogP contribution is 2.23. The molecule has 0 aromatic heterocycles. The highest BCUT2D eigenvalue weighted by atomic mass is 127. The Balaban J connectivity index is 2.52. The van der Waals surface area contributed by atoms with Crippen molar-refractivity contribution in [3.05, 3.63) is 34.3 Å².